The number of hydrogen-bond acceptors (Lipinski definition) is 3. The Hall–Kier alpha value is -2.21. The molecular weight excluding hydrogens is 337 g/mol. The summed E-state index contributed by atoms with van der Waals surface area (Å²) < 4.78 is 15.0. The molecule has 0 radical (unpaired) electrons. The number of benzene rings is 1. The molecule has 1 saturated carbocycles. The average Bonchev–Trinajstić information content (AvgIpc) is 3.16. The summed E-state index contributed by atoms with van der Waals surface area (Å²) in [5.74, 6) is -0.258. The van der Waals surface area contributed by atoms with E-state index >= 15 is 0 Å². The van der Waals surface area contributed by atoms with E-state index in [9.17, 15) is 9.18 Å². The smallest absolute Gasteiger partial charge is 0.263 e. The number of thiazole rings is 1. The molecular formula is C19H20FN3OS. The first kappa shape index (κ1) is 16.3. The van der Waals surface area contributed by atoms with Crippen LogP contribution in [0.1, 0.15) is 47.5 Å². The molecule has 0 atom stereocenters. The minimum Gasteiger partial charge on any atom is -0.349 e. The monoisotopic (exact) mass is 357 g/mol. The molecule has 2 heterocycles. The molecule has 1 amide bonds. The normalized spacial score (nSPS) is 15.6. The van der Waals surface area contributed by atoms with E-state index in [4.69, 9.17) is 0 Å². The van der Waals surface area contributed by atoms with Crippen molar-refractivity contribution in [1.29, 1.82) is 0 Å². The van der Waals surface area contributed by atoms with Crippen molar-refractivity contribution in [3.63, 3.8) is 0 Å². The highest BCUT2D eigenvalue weighted by Gasteiger charge is 2.21. The lowest BCUT2D eigenvalue weighted by atomic mass is 9.95. The van der Waals surface area contributed by atoms with Gasteiger partial charge in [-0.05, 0) is 44.0 Å². The number of nitrogens with zero attached hydrogens (tertiary/aromatic N) is 2. The number of nitrogens with one attached hydrogen (secondary N) is 1. The molecule has 0 spiro atoms. The molecule has 3 aromatic rings. The Labute approximate surface area is 149 Å². The van der Waals surface area contributed by atoms with Crippen molar-refractivity contribution in [2.45, 2.75) is 45.1 Å². The molecule has 1 aromatic carbocycles. The number of aryl methyl sites for hydroxylation is 1. The van der Waals surface area contributed by atoms with Crippen molar-refractivity contribution >= 4 is 22.2 Å². The van der Waals surface area contributed by atoms with Gasteiger partial charge in [-0.2, -0.15) is 0 Å². The van der Waals surface area contributed by atoms with Gasteiger partial charge in [0.15, 0.2) is 4.96 Å². The Morgan fingerprint density at radius 3 is 2.64 bits per heavy atom. The van der Waals surface area contributed by atoms with E-state index in [0.717, 1.165) is 39.6 Å². The average molecular weight is 357 g/mol. The summed E-state index contributed by atoms with van der Waals surface area (Å²) in [6, 6.07) is 6.59. The number of imidazole rings is 1. The van der Waals surface area contributed by atoms with Crippen LogP contribution in [-0.4, -0.2) is 21.3 Å². The Kier molecular flexibility index (Phi) is 4.29. The first-order valence-corrected chi connectivity index (χ1v) is 9.49. The minimum absolute atomic E-state index is 0.00299. The lowest BCUT2D eigenvalue weighted by Crippen LogP contribution is -2.36. The highest BCUT2D eigenvalue weighted by Crippen LogP contribution is 2.28. The summed E-state index contributed by atoms with van der Waals surface area (Å²) >= 11 is 1.40. The number of carbonyl (C=O) groups is 1. The van der Waals surface area contributed by atoms with Crippen LogP contribution in [-0.2, 0) is 0 Å². The molecule has 1 N–H and O–H groups in total. The minimum atomic E-state index is -0.261. The van der Waals surface area contributed by atoms with E-state index in [2.05, 4.69) is 10.3 Å². The van der Waals surface area contributed by atoms with Crippen LogP contribution in [0.3, 0.4) is 0 Å². The maximum Gasteiger partial charge on any atom is 0.263 e. The van der Waals surface area contributed by atoms with Crippen LogP contribution in [0, 0.1) is 12.7 Å². The third-order valence-corrected chi connectivity index (χ3v) is 6.00. The van der Waals surface area contributed by atoms with E-state index in [-0.39, 0.29) is 11.7 Å². The predicted octanol–water partition coefficient (Wildman–Crippen LogP) is 4.57. The fraction of sp³-hybridized carbons (Fsp3) is 0.368. The standard InChI is InChI=1S/C19H20FN3OS/c1-12-17(18(24)21-15-5-3-2-4-6-15)25-19-22-16(11-23(12)19)13-7-9-14(20)10-8-13/h7-11,15H,2-6H2,1H3,(H,21,24). The van der Waals surface area contributed by atoms with Crippen LogP contribution < -0.4 is 5.32 Å². The molecule has 4 nitrogen and oxygen atoms in total. The molecule has 2 aromatic heterocycles. The Balaban J connectivity index is 1.59. The van der Waals surface area contributed by atoms with Gasteiger partial charge in [0.05, 0.1) is 5.69 Å². The molecule has 6 heteroatoms. The first-order chi connectivity index (χ1) is 12.1. The highest BCUT2D eigenvalue weighted by molar-refractivity contribution is 7.19. The van der Waals surface area contributed by atoms with Crippen LogP contribution in [0.4, 0.5) is 4.39 Å². The molecule has 0 bridgehead atoms. The molecule has 25 heavy (non-hydrogen) atoms. The zero-order chi connectivity index (χ0) is 17.4. The van der Waals surface area contributed by atoms with Crippen LogP contribution >= 0.6 is 11.3 Å². The van der Waals surface area contributed by atoms with E-state index in [0.29, 0.717) is 6.04 Å². The summed E-state index contributed by atoms with van der Waals surface area (Å²) in [5, 5.41) is 3.17. The Morgan fingerprint density at radius 2 is 1.96 bits per heavy atom. The second kappa shape index (κ2) is 6.59. The largest absolute Gasteiger partial charge is 0.349 e. The zero-order valence-electron chi connectivity index (χ0n) is 14.1. The first-order valence-electron chi connectivity index (χ1n) is 8.67. The highest BCUT2D eigenvalue weighted by atomic mass is 32.1. The number of amides is 1. The van der Waals surface area contributed by atoms with Gasteiger partial charge in [0.2, 0.25) is 0 Å². The SMILES string of the molecule is Cc1c(C(=O)NC2CCCCC2)sc2nc(-c3ccc(F)cc3)cn12. The topological polar surface area (TPSA) is 46.4 Å². The molecule has 1 aliphatic rings. The third kappa shape index (κ3) is 3.18. The maximum atomic E-state index is 13.1. The number of rotatable bonds is 3. The second-order valence-electron chi connectivity index (χ2n) is 6.61. The second-order valence-corrected chi connectivity index (χ2v) is 7.59. The van der Waals surface area contributed by atoms with Gasteiger partial charge in [0, 0.05) is 23.5 Å². The molecule has 1 fully saturated rings. The van der Waals surface area contributed by atoms with Gasteiger partial charge in [0.1, 0.15) is 10.7 Å². The Bertz CT molecular complexity index is 907. The molecule has 130 valence electrons. The quantitative estimate of drug-likeness (QED) is 0.746. The van der Waals surface area contributed by atoms with Crippen molar-refractivity contribution in [2.24, 2.45) is 0 Å². The van der Waals surface area contributed by atoms with E-state index in [1.807, 2.05) is 17.5 Å². The van der Waals surface area contributed by atoms with Crippen LogP contribution in [0.15, 0.2) is 30.5 Å². The van der Waals surface area contributed by atoms with E-state index in [1.165, 1.54) is 42.7 Å². The van der Waals surface area contributed by atoms with Crippen molar-refractivity contribution in [3.05, 3.63) is 46.9 Å². The van der Waals surface area contributed by atoms with Gasteiger partial charge in [0.25, 0.3) is 5.91 Å². The predicted molar refractivity (Wildman–Crippen MR) is 97.5 cm³/mol. The number of carbonyl (C=O) groups excluding carboxylic acids is 1. The van der Waals surface area contributed by atoms with Crippen molar-refractivity contribution in [3.8, 4) is 11.3 Å². The summed E-state index contributed by atoms with van der Waals surface area (Å²) in [5.41, 5.74) is 2.55. The summed E-state index contributed by atoms with van der Waals surface area (Å²) in [4.78, 5) is 18.7. The number of halogens is 1. The van der Waals surface area contributed by atoms with Gasteiger partial charge in [-0.3, -0.25) is 9.20 Å². The van der Waals surface area contributed by atoms with Gasteiger partial charge in [-0.1, -0.05) is 30.6 Å². The lowest BCUT2D eigenvalue weighted by Gasteiger charge is -2.22. The third-order valence-electron chi connectivity index (χ3n) is 4.84. The maximum absolute atomic E-state index is 13.1. The fourth-order valence-electron chi connectivity index (χ4n) is 3.42. The fourth-order valence-corrected chi connectivity index (χ4v) is 4.43. The molecule has 0 aliphatic heterocycles. The van der Waals surface area contributed by atoms with Gasteiger partial charge < -0.3 is 5.32 Å². The van der Waals surface area contributed by atoms with Crippen LogP contribution in [0.25, 0.3) is 16.2 Å². The number of hydrogen-bond donors (Lipinski definition) is 1. The zero-order valence-corrected chi connectivity index (χ0v) is 14.9. The summed E-state index contributed by atoms with van der Waals surface area (Å²) in [6.45, 7) is 1.94. The van der Waals surface area contributed by atoms with Crippen molar-refractivity contribution in [2.75, 3.05) is 0 Å². The summed E-state index contributed by atoms with van der Waals surface area (Å²) in [7, 11) is 0. The van der Waals surface area contributed by atoms with Crippen molar-refractivity contribution < 1.29 is 9.18 Å². The van der Waals surface area contributed by atoms with Gasteiger partial charge >= 0.3 is 0 Å². The molecule has 4 rings (SSSR count). The van der Waals surface area contributed by atoms with Gasteiger partial charge in [-0.25, -0.2) is 9.37 Å². The summed E-state index contributed by atoms with van der Waals surface area (Å²) in [6.07, 6.45) is 7.71. The molecule has 0 saturated heterocycles. The lowest BCUT2D eigenvalue weighted by molar-refractivity contribution is 0.0931. The molecule has 1 aliphatic carbocycles. The van der Waals surface area contributed by atoms with E-state index in [1.54, 1.807) is 12.1 Å². The Morgan fingerprint density at radius 1 is 1.24 bits per heavy atom. The van der Waals surface area contributed by atoms with Crippen molar-refractivity contribution in [1.82, 2.24) is 14.7 Å². The van der Waals surface area contributed by atoms with Crippen LogP contribution in [0.2, 0.25) is 0 Å². The van der Waals surface area contributed by atoms with Gasteiger partial charge in [-0.15, -0.1) is 0 Å². The number of fused-ring (bicyclic) bond motifs is 1. The van der Waals surface area contributed by atoms with E-state index < -0.39 is 0 Å². The molecule has 0 unspecified atom stereocenters. The van der Waals surface area contributed by atoms with Crippen LogP contribution in [0.5, 0.6) is 0 Å². The number of aromatic nitrogens is 2.